The molecule has 1 atom stereocenters. The van der Waals surface area contributed by atoms with Crippen LogP contribution in [0.1, 0.15) is 22.7 Å². The van der Waals surface area contributed by atoms with Crippen LogP contribution in [-0.4, -0.2) is 32.6 Å². The van der Waals surface area contributed by atoms with Crippen LogP contribution in [0.2, 0.25) is 0 Å². The number of para-hydroxylation sites is 2. The summed E-state index contributed by atoms with van der Waals surface area (Å²) in [6.45, 7) is 3.89. The van der Waals surface area contributed by atoms with Gasteiger partial charge in [0.2, 0.25) is 5.91 Å². The minimum atomic E-state index is -0.812. The van der Waals surface area contributed by atoms with E-state index in [4.69, 9.17) is 9.47 Å². The maximum absolute atomic E-state index is 13.9. The molecule has 3 aromatic carbocycles. The van der Waals surface area contributed by atoms with Crippen molar-refractivity contribution in [2.45, 2.75) is 19.9 Å². The Kier molecular flexibility index (Phi) is 5.86. The molecule has 0 aliphatic carbocycles. The molecule has 1 aliphatic heterocycles. The van der Waals surface area contributed by atoms with Gasteiger partial charge in [-0.05, 0) is 66.9 Å². The highest BCUT2D eigenvalue weighted by molar-refractivity contribution is 6.15. The monoisotopic (exact) mass is 430 g/mol. The molecule has 4 rings (SSSR count). The summed E-state index contributed by atoms with van der Waals surface area (Å²) in [7, 11) is 3.15. The SMILES string of the molecule is COc1ccc([C@H]2C(=O)N(c3ccccc3OC)CC(=O)N2c2cc(C)cc(C)c2)cc1. The van der Waals surface area contributed by atoms with Gasteiger partial charge in [0.15, 0.2) is 0 Å². The van der Waals surface area contributed by atoms with Crippen LogP contribution in [0.15, 0.2) is 66.7 Å². The Morgan fingerprint density at radius 2 is 1.50 bits per heavy atom. The zero-order valence-electron chi connectivity index (χ0n) is 18.7. The Morgan fingerprint density at radius 1 is 0.844 bits per heavy atom. The number of carbonyl (C=O) groups is 2. The van der Waals surface area contributed by atoms with Crippen LogP contribution in [0.3, 0.4) is 0 Å². The smallest absolute Gasteiger partial charge is 0.255 e. The summed E-state index contributed by atoms with van der Waals surface area (Å²) in [6.07, 6.45) is 0. The summed E-state index contributed by atoms with van der Waals surface area (Å²) in [5, 5.41) is 0. The standard InChI is InChI=1S/C26H26N2O4/c1-17-13-18(2)15-20(14-17)28-24(29)16-27(22-7-5-6-8-23(22)32-4)26(30)25(28)19-9-11-21(31-3)12-10-19/h5-15,25H,16H2,1-4H3/t25-/m0/s1. The van der Waals surface area contributed by atoms with Crippen molar-refractivity contribution in [1.82, 2.24) is 0 Å². The van der Waals surface area contributed by atoms with E-state index in [2.05, 4.69) is 0 Å². The van der Waals surface area contributed by atoms with Crippen molar-refractivity contribution < 1.29 is 19.1 Å². The van der Waals surface area contributed by atoms with Gasteiger partial charge >= 0.3 is 0 Å². The number of ether oxygens (including phenoxy) is 2. The number of hydrogen-bond acceptors (Lipinski definition) is 4. The van der Waals surface area contributed by atoms with Crippen molar-refractivity contribution in [3.05, 3.63) is 83.4 Å². The second kappa shape index (κ2) is 8.75. The maximum atomic E-state index is 13.9. The largest absolute Gasteiger partial charge is 0.497 e. The molecule has 6 heteroatoms. The van der Waals surface area contributed by atoms with Crippen molar-refractivity contribution in [2.24, 2.45) is 0 Å². The molecule has 2 amide bonds. The third-order valence-electron chi connectivity index (χ3n) is 5.61. The molecule has 1 saturated heterocycles. The number of hydrogen-bond donors (Lipinski definition) is 0. The first-order valence-electron chi connectivity index (χ1n) is 10.4. The Morgan fingerprint density at radius 3 is 2.12 bits per heavy atom. The van der Waals surface area contributed by atoms with Gasteiger partial charge in [-0.1, -0.05) is 30.3 Å². The van der Waals surface area contributed by atoms with Gasteiger partial charge < -0.3 is 9.47 Å². The molecule has 164 valence electrons. The number of benzene rings is 3. The third kappa shape index (κ3) is 3.91. The molecule has 0 spiro atoms. The van der Waals surface area contributed by atoms with Gasteiger partial charge in [0.1, 0.15) is 24.1 Å². The first-order valence-corrected chi connectivity index (χ1v) is 10.4. The predicted octanol–water partition coefficient (Wildman–Crippen LogP) is 4.44. The first-order chi connectivity index (χ1) is 15.4. The van der Waals surface area contributed by atoms with Gasteiger partial charge in [0.25, 0.3) is 5.91 Å². The molecule has 3 aromatic rings. The van der Waals surface area contributed by atoms with Crippen molar-refractivity contribution in [3.8, 4) is 11.5 Å². The fourth-order valence-corrected chi connectivity index (χ4v) is 4.21. The van der Waals surface area contributed by atoms with Crippen LogP contribution in [0.5, 0.6) is 11.5 Å². The van der Waals surface area contributed by atoms with Gasteiger partial charge in [-0.3, -0.25) is 19.4 Å². The van der Waals surface area contributed by atoms with Gasteiger partial charge in [-0.15, -0.1) is 0 Å². The summed E-state index contributed by atoms with van der Waals surface area (Å²) in [5.41, 5.74) is 4.05. The Labute approximate surface area is 188 Å². The van der Waals surface area contributed by atoms with Gasteiger partial charge in [0.05, 0.1) is 19.9 Å². The summed E-state index contributed by atoms with van der Waals surface area (Å²) >= 11 is 0. The van der Waals surface area contributed by atoms with E-state index >= 15 is 0 Å². The summed E-state index contributed by atoms with van der Waals surface area (Å²) in [6, 6.07) is 19.6. The molecular weight excluding hydrogens is 404 g/mol. The number of rotatable bonds is 5. The van der Waals surface area contributed by atoms with E-state index in [0.717, 1.165) is 11.1 Å². The van der Waals surface area contributed by atoms with Gasteiger partial charge in [0, 0.05) is 5.69 Å². The Hall–Kier alpha value is -3.80. The first kappa shape index (κ1) is 21.4. The van der Waals surface area contributed by atoms with E-state index in [9.17, 15) is 9.59 Å². The molecule has 0 radical (unpaired) electrons. The lowest BCUT2D eigenvalue weighted by molar-refractivity contribution is -0.128. The summed E-state index contributed by atoms with van der Waals surface area (Å²) in [5.74, 6) is 0.865. The van der Waals surface area contributed by atoms with Crippen LogP contribution in [0.4, 0.5) is 11.4 Å². The fourth-order valence-electron chi connectivity index (χ4n) is 4.21. The number of nitrogens with zero attached hydrogens (tertiary/aromatic N) is 2. The topological polar surface area (TPSA) is 59.1 Å². The maximum Gasteiger partial charge on any atom is 0.255 e. The Bertz CT molecular complexity index is 1140. The molecule has 0 aromatic heterocycles. The molecule has 0 unspecified atom stereocenters. The zero-order chi connectivity index (χ0) is 22.8. The lowest BCUT2D eigenvalue weighted by atomic mass is 9.98. The van der Waals surface area contributed by atoms with E-state index in [0.29, 0.717) is 28.4 Å². The van der Waals surface area contributed by atoms with Gasteiger partial charge in [-0.2, -0.15) is 0 Å². The lowest BCUT2D eigenvalue weighted by Crippen LogP contribution is -2.56. The van der Waals surface area contributed by atoms with E-state index in [-0.39, 0.29) is 18.4 Å². The summed E-state index contributed by atoms with van der Waals surface area (Å²) in [4.78, 5) is 30.5. The highest BCUT2D eigenvalue weighted by atomic mass is 16.5. The van der Waals surface area contributed by atoms with E-state index in [1.165, 1.54) is 4.90 Å². The van der Waals surface area contributed by atoms with Crippen LogP contribution in [-0.2, 0) is 9.59 Å². The third-order valence-corrected chi connectivity index (χ3v) is 5.61. The highest BCUT2D eigenvalue weighted by Crippen LogP contribution is 2.38. The number of carbonyl (C=O) groups excluding carboxylic acids is 2. The van der Waals surface area contributed by atoms with E-state index < -0.39 is 6.04 Å². The minimum Gasteiger partial charge on any atom is -0.497 e. The van der Waals surface area contributed by atoms with E-state index in [1.54, 1.807) is 43.4 Å². The molecule has 1 heterocycles. The van der Waals surface area contributed by atoms with Crippen molar-refractivity contribution in [3.63, 3.8) is 0 Å². The van der Waals surface area contributed by atoms with Crippen LogP contribution in [0, 0.1) is 13.8 Å². The lowest BCUT2D eigenvalue weighted by Gasteiger charge is -2.41. The zero-order valence-corrected chi connectivity index (χ0v) is 18.7. The quantitative estimate of drug-likeness (QED) is 0.600. The molecule has 0 saturated carbocycles. The van der Waals surface area contributed by atoms with Crippen LogP contribution < -0.4 is 19.3 Å². The minimum absolute atomic E-state index is 0.0706. The molecule has 6 nitrogen and oxygen atoms in total. The van der Waals surface area contributed by atoms with Crippen molar-refractivity contribution >= 4 is 23.2 Å². The molecule has 0 N–H and O–H groups in total. The van der Waals surface area contributed by atoms with Crippen molar-refractivity contribution in [2.75, 3.05) is 30.6 Å². The van der Waals surface area contributed by atoms with Gasteiger partial charge in [-0.25, -0.2) is 0 Å². The number of aryl methyl sites for hydroxylation is 2. The van der Waals surface area contributed by atoms with E-state index in [1.807, 2.05) is 56.3 Å². The average Bonchev–Trinajstić information content (AvgIpc) is 2.79. The Balaban J connectivity index is 1.85. The predicted molar refractivity (Wildman–Crippen MR) is 124 cm³/mol. The second-order valence-corrected chi connectivity index (χ2v) is 7.88. The number of piperazine rings is 1. The van der Waals surface area contributed by atoms with Crippen LogP contribution in [0.25, 0.3) is 0 Å². The molecule has 1 aliphatic rings. The second-order valence-electron chi connectivity index (χ2n) is 7.88. The molecule has 1 fully saturated rings. The number of anilines is 2. The summed E-state index contributed by atoms with van der Waals surface area (Å²) < 4.78 is 10.7. The number of amides is 2. The molecule has 0 bridgehead atoms. The molecular formula is C26H26N2O4. The average molecular weight is 431 g/mol. The highest BCUT2D eigenvalue weighted by Gasteiger charge is 2.42. The van der Waals surface area contributed by atoms with Crippen molar-refractivity contribution in [1.29, 1.82) is 0 Å². The fraction of sp³-hybridized carbons (Fsp3) is 0.231. The number of methoxy groups -OCH3 is 2. The van der Waals surface area contributed by atoms with Crippen LogP contribution >= 0.6 is 0 Å². The normalized spacial score (nSPS) is 16.3. The molecule has 32 heavy (non-hydrogen) atoms.